The number of anilines is 3. The number of aromatic nitrogens is 1. The van der Waals surface area contributed by atoms with E-state index in [4.69, 9.17) is 9.72 Å². The highest BCUT2D eigenvalue weighted by molar-refractivity contribution is 7.20. The third kappa shape index (κ3) is 4.10. The molecule has 3 aromatic carbocycles. The van der Waals surface area contributed by atoms with Gasteiger partial charge in [-0.05, 0) is 53.4 Å². The van der Waals surface area contributed by atoms with Crippen molar-refractivity contribution in [2.75, 3.05) is 23.5 Å². The standard InChI is InChI=1S/C31H29N3OS/c1-31(2,3)21-15-16-32-26(17-21)24-11-8-14-29-25(24)19-30(36-29)35-23-10-7-9-22(18-23)34-20-33(4)27-12-5-6-13-28(27)34/h5-19H,20H2,1-4H3. The first-order chi connectivity index (χ1) is 17.4. The number of hydrogen-bond acceptors (Lipinski definition) is 5. The molecule has 1 aliphatic rings. The summed E-state index contributed by atoms with van der Waals surface area (Å²) in [6, 6.07) is 29.7. The number of ether oxygens (including phenoxy) is 1. The monoisotopic (exact) mass is 491 g/mol. The van der Waals surface area contributed by atoms with E-state index in [9.17, 15) is 0 Å². The van der Waals surface area contributed by atoms with Gasteiger partial charge < -0.3 is 14.5 Å². The van der Waals surface area contributed by atoms with Crippen molar-refractivity contribution in [2.24, 2.45) is 0 Å². The van der Waals surface area contributed by atoms with Crippen molar-refractivity contribution in [3.05, 3.63) is 96.7 Å². The highest BCUT2D eigenvalue weighted by Crippen LogP contribution is 2.42. The van der Waals surface area contributed by atoms with Crippen LogP contribution in [0.2, 0.25) is 0 Å². The molecule has 5 aromatic rings. The largest absolute Gasteiger partial charge is 0.447 e. The quantitative estimate of drug-likeness (QED) is 0.252. The third-order valence-electron chi connectivity index (χ3n) is 6.73. The summed E-state index contributed by atoms with van der Waals surface area (Å²) >= 11 is 1.67. The number of rotatable bonds is 4. The molecule has 4 nitrogen and oxygen atoms in total. The fourth-order valence-corrected chi connectivity index (χ4v) is 5.74. The van der Waals surface area contributed by atoms with Crippen LogP contribution in [-0.4, -0.2) is 18.7 Å². The zero-order valence-corrected chi connectivity index (χ0v) is 21.8. The van der Waals surface area contributed by atoms with Gasteiger partial charge in [-0.3, -0.25) is 4.98 Å². The zero-order chi connectivity index (χ0) is 24.9. The molecule has 0 aliphatic carbocycles. The number of nitrogens with zero attached hydrogens (tertiary/aromatic N) is 3. The second kappa shape index (κ2) is 8.68. The zero-order valence-electron chi connectivity index (χ0n) is 21.0. The van der Waals surface area contributed by atoms with E-state index in [1.54, 1.807) is 11.3 Å². The SMILES string of the molecule is CN1CN(c2cccc(Oc3cc4c(-c5cc(C(C)(C)C)ccn5)cccc4s3)c2)c2ccccc21. The highest BCUT2D eigenvalue weighted by atomic mass is 32.1. The topological polar surface area (TPSA) is 28.6 Å². The Hall–Kier alpha value is -3.83. The lowest BCUT2D eigenvalue weighted by atomic mass is 9.87. The van der Waals surface area contributed by atoms with Gasteiger partial charge in [0, 0.05) is 46.7 Å². The number of pyridine rings is 1. The van der Waals surface area contributed by atoms with Crippen LogP contribution < -0.4 is 14.5 Å². The highest BCUT2D eigenvalue weighted by Gasteiger charge is 2.24. The van der Waals surface area contributed by atoms with Crippen molar-refractivity contribution in [3.8, 4) is 22.1 Å². The molecule has 0 atom stereocenters. The van der Waals surface area contributed by atoms with E-state index >= 15 is 0 Å². The Morgan fingerprint density at radius 3 is 2.50 bits per heavy atom. The normalized spacial score (nSPS) is 13.3. The molecule has 180 valence electrons. The number of fused-ring (bicyclic) bond motifs is 2. The molecule has 0 saturated heterocycles. The Kier molecular flexibility index (Phi) is 5.45. The van der Waals surface area contributed by atoms with E-state index in [0.29, 0.717) is 0 Å². The summed E-state index contributed by atoms with van der Waals surface area (Å²) in [7, 11) is 2.13. The number of hydrogen-bond donors (Lipinski definition) is 0. The Bertz CT molecular complexity index is 1570. The van der Waals surface area contributed by atoms with E-state index in [1.165, 1.54) is 27.0 Å². The van der Waals surface area contributed by atoms with Crippen molar-refractivity contribution in [2.45, 2.75) is 26.2 Å². The molecular formula is C31H29N3OS. The predicted octanol–water partition coefficient (Wildman–Crippen LogP) is 8.60. The summed E-state index contributed by atoms with van der Waals surface area (Å²) in [4.78, 5) is 9.28. The maximum atomic E-state index is 6.41. The molecule has 5 heteroatoms. The fraction of sp³-hybridized carbons (Fsp3) is 0.194. The summed E-state index contributed by atoms with van der Waals surface area (Å²) < 4.78 is 7.60. The first kappa shape index (κ1) is 22.6. The van der Waals surface area contributed by atoms with Crippen LogP contribution in [0.3, 0.4) is 0 Å². The van der Waals surface area contributed by atoms with Crippen molar-refractivity contribution in [1.82, 2.24) is 4.98 Å². The molecule has 2 aromatic heterocycles. The molecule has 0 amide bonds. The molecule has 3 heterocycles. The molecule has 0 bridgehead atoms. The van der Waals surface area contributed by atoms with Gasteiger partial charge in [0.2, 0.25) is 0 Å². The van der Waals surface area contributed by atoms with Crippen LogP contribution in [0.5, 0.6) is 10.8 Å². The average molecular weight is 492 g/mol. The van der Waals surface area contributed by atoms with Crippen molar-refractivity contribution in [3.63, 3.8) is 0 Å². The van der Waals surface area contributed by atoms with Gasteiger partial charge in [0.25, 0.3) is 0 Å². The number of thiophene rings is 1. The van der Waals surface area contributed by atoms with E-state index < -0.39 is 0 Å². The lowest BCUT2D eigenvalue weighted by molar-refractivity contribution is 0.497. The molecule has 1 aliphatic heterocycles. The van der Waals surface area contributed by atoms with Crippen LogP contribution in [-0.2, 0) is 5.41 Å². The van der Waals surface area contributed by atoms with Gasteiger partial charge in [0.15, 0.2) is 5.06 Å². The first-order valence-electron chi connectivity index (χ1n) is 12.2. The summed E-state index contributed by atoms with van der Waals surface area (Å²) in [5, 5.41) is 2.04. The smallest absolute Gasteiger partial charge is 0.182 e. The molecule has 0 N–H and O–H groups in total. The van der Waals surface area contributed by atoms with Crippen molar-refractivity contribution < 1.29 is 4.74 Å². The van der Waals surface area contributed by atoms with Gasteiger partial charge in [-0.1, -0.05) is 62.4 Å². The van der Waals surface area contributed by atoms with Crippen molar-refractivity contribution in [1.29, 1.82) is 0 Å². The summed E-state index contributed by atoms with van der Waals surface area (Å²) in [5.74, 6) is 0.834. The minimum Gasteiger partial charge on any atom is -0.447 e. The third-order valence-corrected chi connectivity index (χ3v) is 7.70. The maximum Gasteiger partial charge on any atom is 0.182 e. The molecule has 6 rings (SSSR count). The average Bonchev–Trinajstić information content (AvgIpc) is 3.44. The first-order valence-corrected chi connectivity index (χ1v) is 13.0. The molecule has 0 spiro atoms. The molecule has 36 heavy (non-hydrogen) atoms. The molecule has 0 radical (unpaired) electrons. The molecule has 0 unspecified atom stereocenters. The van der Waals surface area contributed by atoms with Crippen LogP contribution in [0, 0.1) is 0 Å². The Morgan fingerprint density at radius 2 is 1.67 bits per heavy atom. The van der Waals surface area contributed by atoms with E-state index in [0.717, 1.165) is 34.4 Å². The van der Waals surface area contributed by atoms with Gasteiger partial charge in [0.05, 0.1) is 23.7 Å². The van der Waals surface area contributed by atoms with Crippen LogP contribution in [0.1, 0.15) is 26.3 Å². The Labute approximate surface area is 216 Å². The van der Waals surface area contributed by atoms with E-state index in [1.807, 2.05) is 12.3 Å². The lowest BCUT2D eigenvalue weighted by Crippen LogP contribution is -2.23. The number of benzene rings is 3. The second-order valence-corrected chi connectivity index (χ2v) is 11.4. The molecule has 0 saturated carbocycles. The van der Waals surface area contributed by atoms with Gasteiger partial charge in [-0.2, -0.15) is 0 Å². The van der Waals surface area contributed by atoms with Crippen LogP contribution in [0.4, 0.5) is 17.1 Å². The summed E-state index contributed by atoms with van der Waals surface area (Å²) in [5.41, 5.74) is 7.06. The summed E-state index contributed by atoms with van der Waals surface area (Å²) in [6.45, 7) is 7.51. The Balaban J connectivity index is 1.32. The van der Waals surface area contributed by atoms with Gasteiger partial charge >= 0.3 is 0 Å². The van der Waals surface area contributed by atoms with Gasteiger partial charge in [0.1, 0.15) is 5.75 Å². The minimum atomic E-state index is 0.0736. The van der Waals surface area contributed by atoms with E-state index in [2.05, 4.69) is 116 Å². The molecular weight excluding hydrogens is 462 g/mol. The minimum absolute atomic E-state index is 0.0736. The Morgan fingerprint density at radius 1 is 0.861 bits per heavy atom. The van der Waals surface area contributed by atoms with Crippen LogP contribution in [0.25, 0.3) is 21.3 Å². The summed E-state index contributed by atoms with van der Waals surface area (Å²) in [6.07, 6.45) is 1.91. The second-order valence-electron chi connectivity index (χ2n) is 10.3. The van der Waals surface area contributed by atoms with Crippen LogP contribution in [0.15, 0.2) is 91.1 Å². The van der Waals surface area contributed by atoms with E-state index in [-0.39, 0.29) is 5.41 Å². The lowest BCUT2D eigenvalue weighted by Gasteiger charge is -2.20. The molecule has 0 fully saturated rings. The number of para-hydroxylation sites is 2. The van der Waals surface area contributed by atoms with Crippen molar-refractivity contribution >= 4 is 38.5 Å². The fourth-order valence-electron chi connectivity index (χ4n) is 4.79. The maximum absolute atomic E-state index is 6.41. The van der Waals surface area contributed by atoms with Gasteiger partial charge in [-0.25, -0.2) is 0 Å². The predicted molar refractivity (Wildman–Crippen MR) is 152 cm³/mol. The van der Waals surface area contributed by atoms with Crippen LogP contribution >= 0.6 is 11.3 Å². The van der Waals surface area contributed by atoms with Gasteiger partial charge in [-0.15, -0.1) is 0 Å².